The molecule has 180 valence electrons. The number of amides is 1. The zero-order valence-electron chi connectivity index (χ0n) is 19.0. The van der Waals surface area contributed by atoms with E-state index in [0.717, 1.165) is 0 Å². The summed E-state index contributed by atoms with van der Waals surface area (Å²) in [7, 11) is 0. The molecule has 5 rings (SSSR count). The zero-order valence-corrected chi connectivity index (χ0v) is 19.8. The Balaban J connectivity index is 1.37. The van der Waals surface area contributed by atoms with Crippen molar-refractivity contribution in [3.63, 3.8) is 0 Å². The highest BCUT2D eigenvalue weighted by Gasteiger charge is 2.49. The smallest absolute Gasteiger partial charge is 0.242 e. The molecule has 3 heterocycles. The van der Waals surface area contributed by atoms with Crippen molar-refractivity contribution in [2.24, 2.45) is 5.73 Å². The van der Waals surface area contributed by atoms with Crippen LogP contribution in [-0.2, 0) is 4.79 Å². The van der Waals surface area contributed by atoms with Gasteiger partial charge in [0.2, 0.25) is 11.9 Å². The molecule has 1 aromatic carbocycles. The number of nitrogens with two attached hydrogens (primary N) is 1. The van der Waals surface area contributed by atoms with Crippen molar-refractivity contribution in [1.29, 1.82) is 0 Å². The number of aromatic nitrogens is 4. The number of β-amino-alcohol motifs (C(OH)–C–C–N with tert-alkyl or cyclic N) is 1. The van der Waals surface area contributed by atoms with Crippen molar-refractivity contribution in [2.45, 2.75) is 56.8 Å². The van der Waals surface area contributed by atoms with Crippen LogP contribution in [0.5, 0.6) is 0 Å². The molecule has 0 spiro atoms. The number of aliphatic hydroxyl groups excluding tert-OH is 1. The van der Waals surface area contributed by atoms with E-state index in [0.29, 0.717) is 42.6 Å². The van der Waals surface area contributed by atoms with Gasteiger partial charge >= 0.3 is 0 Å². The quantitative estimate of drug-likeness (QED) is 0.505. The third-order valence-electron chi connectivity index (χ3n) is 6.60. The van der Waals surface area contributed by atoms with Crippen LogP contribution in [0.3, 0.4) is 0 Å². The minimum Gasteiger partial charge on any atom is -0.389 e. The van der Waals surface area contributed by atoms with Gasteiger partial charge in [-0.2, -0.15) is 0 Å². The van der Waals surface area contributed by atoms with E-state index in [9.17, 15) is 14.3 Å². The van der Waals surface area contributed by atoms with Gasteiger partial charge in [-0.1, -0.05) is 11.6 Å². The lowest BCUT2D eigenvalue weighted by Crippen LogP contribution is -2.56. The average Bonchev–Trinajstić information content (AvgIpc) is 3.39. The summed E-state index contributed by atoms with van der Waals surface area (Å²) in [5.41, 5.74) is 7.08. The molecular weight excluding hydrogens is 461 g/mol. The van der Waals surface area contributed by atoms with E-state index >= 15 is 0 Å². The molecule has 1 aliphatic heterocycles. The molecule has 4 N–H and O–H groups in total. The number of anilines is 1. The summed E-state index contributed by atoms with van der Waals surface area (Å²) in [4.78, 5) is 27.1. The molecule has 11 heteroatoms. The number of nitrogens with one attached hydrogen (secondary N) is 1. The molecule has 2 atom stereocenters. The van der Waals surface area contributed by atoms with E-state index in [1.165, 1.54) is 12.3 Å². The molecule has 34 heavy (non-hydrogen) atoms. The molecule has 1 aliphatic carbocycles. The van der Waals surface area contributed by atoms with Crippen molar-refractivity contribution in [3.8, 4) is 11.3 Å². The first-order valence-corrected chi connectivity index (χ1v) is 11.8. The van der Waals surface area contributed by atoms with Crippen LogP contribution < -0.4 is 11.1 Å². The number of likely N-dealkylation sites (tertiary alicyclic amines) is 1. The standard InChI is InChI=1S/C23H27ClFN7O2/c1-12(2)32-11-28-20-15(25)7-13(8-17(20)32)19-14(24)9-27-22(30-19)29-16-3-6-31(10-18(16)33)21(34)23(26)4-5-23/h7-9,11-12,16,18,33H,3-6,10,26H2,1-2H3,(H,27,29,30)/t16-,18-/m1/s1. The Morgan fingerprint density at radius 3 is 2.79 bits per heavy atom. The van der Waals surface area contributed by atoms with Crippen molar-refractivity contribution < 1.29 is 14.3 Å². The number of imidazole rings is 1. The maximum Gasteiger partial charge on any atom is 0.242 e. The highest BCUT2D eigenvalue weighted by atomic mass is 35.5. The van der Waals surface area contributed by atoms with Gasteiger partial charge in [0.1, 0.15) is 5.52 Å². The van der Waals surface area contributed by atoms with Crippen LogP contribution in [0.1, 0.15) is 39.2 Å². The zero-order chi connectivity index (χ0) is 24.2. The molecule has 1 saturated carbocycles. The maximum atomic E-state index is 14.8. The Morgan fingerprint density at radius 1 is 1.35 bits per heavy atom. The van der Waals surface area contributed by atoms with Crippen molar-refractivity contribution in [1.82, 2.24) is 24.4 Å². The predicted molar refractivity (Wildman–Crippen MR) is 127 cm³/mol. The number of halogens is 2. The number of hydrogen-bond acceptors (Lipinski definition) is 7. The lowest BCUT2D eigenvalue weighted by atomic mass is 10.0. The van der Waals surface area contributed by atoms with Crippen molar-refractivity contribution in [3.05, 3.63) is 35.5 Å². The number of fused-ring (bicyclic) bond motifs is 1. The molecule has 1 amide bonds. The first-order valence-electron chi connectivity index (χ1n) is 11.4. The SMILES string of the molecule is CC(C)n1cnc2c(F)cc(-c3nc(N[C@@H]4CCN(C(=O)C5(N)CC5)C[C@H]4O)ncc3Cl)cc21. The number of benzene rings is 1. The number of aliphatic hydroxyl groups is 1. The van der Waals surface area contributed by atoms with E-state index in [1.54, 1.807) is 11.2 Å². The fraction of sp³-hybridized carbons (Fsp3) is 0.478. The highest BCUT2D eigenvalue weighted by Crippen LogP contribution is 2.35. The number of piperidine rings is 1. The molecule has 2 aliphatic rings. The fourth-order valence-electron chi connectivity index (χ4n) is 4.39. The third-order valence-corrected chi connectivity index (χ3v) is 6.88. The molecular formula is C23H27ClFN7O2. The number of nitrogens with zero attached hydrogens (tertiary/aromatic N) is 5. The van der Waals surface area contributed by atoms with Gasteiger partial charge in [-0.3, -0.25) is 4.79 Å². The number of carbonyl (C=O) groups is 1. The van der Waals surface area contributed by atoms with Gasteiger partial charge in [0.05, 0.1) is 46.4 Å². The van der Waals surface area contributed by atoms with Crippen LogP contribution >= 0.6 is 11.6 Å². The maximum absolute atomic E-state index is 14.8. The Labute approximate surface area is 201 Å². The molecule has 0 bridgehead atoms. The highest BCUT2D eigenvalue weighted by molar-refractivity contribution is 6.33. The lowest BCUT2D eigenvalue weighted by molar-refractivity contribution is -0.136. The van der Waals surface area contributed by atoms with E-state index in [4.69, 9.17) is 17.3 Å². The van der Waals surface area contributed by atoms with Gasteiger partial charge in [-0.05, 0) is 45.2 Å². The predicted octanol–water partition coefficient (Wildman–Crippen LogP) is 2.73. The Morgan fingerprint density at radius 2 is 2.12 bits per heavy atom. The van der Waals surface area contributed by atoms with Crippen LogP contribution in [0.4, 0.5) is 10.3 Å². The normalized spacial score (nSPS) is 21.8. The summed E-state index contributed by atoms with van der Waals surface area (Å²) < 4.78 is 16.7. The minimum absolute atomic E-state index is 0.103. The molecule has 2 aromatic heterocycles. The second-order valence-corrected chi connectivity index (χ2v) is 9.88. The minimum atomic E-state index is -0.808. The summed E-state index contributed by atoms with van der Waals surface area (Å²) in [6.07, 6.45) is 4.14. The average molecular weight is 488 g/mol. The first kappa shape index (κ1) is 22.9. The van der Waals surface area contributed by atoms with Crippen LogP contribution in [0, 0.1) is 5.82 Å². The monoisotopic (exact) mass is 487 g/mol. The summed E-state index contributed by atoms with van der Waals surface area (Å²) in [6.45, 7) is 4.66. The summed E-state index contributed by atoms with van der Waals surface area (Å²) in [5.74, 6) is -0.302. The second-order valence-electron chi connectivity index (χ2n) is 9.48. The van der Waals surface area contributed by atoms with E-state index in [-0.39, 0.29) is 41.0 Å². The lowest BCUT2D eigenvalue weighted by Gasteiger charge is -2.37. The van der Waals surface area contributed by atoms with Crippen molar-refractivity contribution >= 4 is 34.5 Å². The Kier molecular flexibility index (Phi) is 5.70. The number of rotatable bonds is 5. The van der Waals surface area contributed by atoms with Gasteiger partial charge in [0.25, 0.3) is 0 Å². The van der Waals surface area contributed by atoms with Gasteiger partial charge in [0, 0.05) is 24.7 Å². The fourth-order valence-corrected chi connectivity index (χ4v) is 4.59. The summed E-state index contributed by atoms with van der Waals surface area (Å²) >= 11 is 6.38. The van der Waals surface area contributed by atoms with Crippen LogP contribution in [0.2, 0.25) is 5.02 Å². The molecule has 2 fully saturated rings. The topological polar surface area (TPSA) is 122 Å². The third kappa shape index (κ3) is 4.10. The Bertz CT molecular complexity index is 1260. The Hall–Kier alpha value is -2.82. The number of carbonyl (C=O) groups excluding carboxylic acids is 1. The van der Waals surface area contributed by atoms with E-state index in [1.807, 2.05) is 24.5 Å². The van der Waals surface area contributed by atoms with Crippen LogP contribution in [-0.4, -0.2) is 66.2 Å². The molecule has 9 nitrogen and oxygen atoms in total. The van der Waals surface area contributed by atoms with Gasteiger partial charge < -0.3 is 25.6 Å². The second kappa shape index (κ2) is 8.44. The molecule has 1 saturated heterocycles. The summed E-state index contributed by atoms with van der Waals surface area (Å²) in [5, 5.41) is 14.1. The van der Waals surface area contributed by atoms with Gasteiger partial charge in [-0.25, -0.2) is 19.3 Å². The molecule has 3 aromatic rings. The van der Waals surface area contributed by atoms with Crippen molar-refractivity contribution in [2.75, 3.05) is 18.4 Å². The molecule has 0 radical (unpaired) electrons. The van der Waals surface area contributed by atoms with Crippen LogP contribution in [0.25, 0.3) is 22.3 Å². The van der Waals surface area contributed by atoms with E-state index < -0.39 is 17.5 Å². The van der Waals surface area contributed by atoms with E-state index in [2.05, 4.69) is 20.3 Å². The summed E-state index contributed by atoms with van der Waals surface area (Å²) in [6, 6.07) is 2.92. The van der Waals surface area contributed by atoms with Gasteiger partial charge in [0.15, 0.2) is 5.82 Å². The van der Waals surface area contributed by atoms with Gasteiger partial charge in [-0.15, -0.1) is 0 Å². The van der Waals surface area contributed by atoms with Crippen LogP contribution in [0.15, 0.2) is 24.7 Å². The first-order chi connectivity index (χ1) is 16.2. The number of hydrogen-bond donors (Lipinski definition) is 3. The molecule has 0 unspecified atom stereocenters. The largest absolute Gasteiger partial charge is 0.389 e.